The van der Waals surface area contributed by atoms with Crippen molar-refractivity contribution < 1.29 is 23.1 Å². The zero-order valence-electron chi connectivity index (χ0n) is 27.5. The van der Waals surface area contributed by atoms with Gasteiger partial charge in [0, 0.05) is 11.1 Å². The van der Waals surface area contributed by atoms with Crippen LogP contribution in [0.4, 0.5) is 0 Å². The Hall–Kier alpha value is -2.00. The second-order valence-electron chi connectivity index (χ2n) is 13.6. The largest absolute Gasteiger partial charge is 0.543 e. The fourth-order valence-corrected chi connectivity index (χ4v) is 5.84. The van der Waals surface area contributed by atoms with Gasteiger partial charge in [-0.15, -0.1) is 0 Å². The molecule has 0 aliphatic carbocycles. The SMILES string of the molecule is C/C=C\C=C\[C@@H](C)C[C@@H](C(=O)OCC)c1cc(O[Si](C)(C)C(C)(C)C)c(OC)c(C)c1O[Si](C)(C)C(C)(C)C. The molecule has 1 rings (SSSR count). The quantitative estimate of drug-likeness (QED) is 0.141. The van der Waals surface area contributed by atoms with Gasteiger partial charge in [0.1, 0.15) is 11.5 Å². The molecule has 0 spiro atoms. The first kappa shape index (κ1) is 35.0. The first-order valence-corrected chi connectivity index (χ1v) is 20.1. The summed E-state index contributed by atoms with van der Waals surface area (Å²) < 4.78 is 25.4. The standard InChI is InChI=1S/C32H56O5Si2/c1-16-18-19-20-23(3)21-26(30(33)35-17-2)25-22-27(36-38(12,13)31(5,6)7)29(34-11)24(4)28(25)37-39(14,15)32(8,9)10/h16,18-20,22-23,26H,17,21H2,1-15H3/b18-16-,20-19+/t23-,26-/m1/s1. The Balaban J connectivity index is 4.01. The summed E-state index contributed by atoms with van der Waals surface area (Å²) in [6.07, 6.45) is 8.75. The van der Waals surface area contributed by atoms with Gasteiger partial charge in [0.25, 0.3) is 16.6 Å². The third kappa shape index (κ3) is 9.00. The molecule has 39 heavy (non-hydrogen) atoms. The summed E-state index contributed by atoms with van der Waals surface area (Å²) in [4.78, 5) is 13.6. The van der Waals surface area contributed by atoms with Crippen LogP contribution < -0.4 is 13.6 Å². The number of benzene rings is 1. The minimum atomic E-state index is -2.27. The van der Waals surface area contributed by atoms with E-state index in [0.29, 0.717) is 24.5 Å². The Morgan fingerprint density at radius 1 is 0.949 bits per heavy atom. The van der Waals surface area contributed by atoms with Crippen LogP contribution in [0, 0.1) is 12.8 Å². The summed E-state index contributed by atoms with van der Waals surface area (Å²) in [5.41, 5.74) is 1.68. The molecule has 0 heterocycles. The highest BCUT2D eigenvalue weighted by Crippen LogP contribution is 2.49. The smallest absolute Gasteiger partial charge is 0.313 e. The van der Waals surface area contributed by atoms with Crippen LogP contribution in [-0.2, 0) is 9.53 Å². The monoisotopic (exact) mass is 576 g/mol. The molecular weight excluding hydrogens is 521 g/mol. The van der Waals surface area contributed by atoms with Crippen molar-refractivity contribution >= 4 is 22.6 Å². The Morgan fingerprint density at radius 3 is 1.95 bits per heavy atom. The predicted molar refractivity (Wildman–Crippen MR) is 170 cm³/mol. The summed E-state index contributed by atoms with van der Waals surface area (Å²) >= 11 is 0. The molecule has 5 nitrogen and oxygen atoms in total. The number of esters is 1. The van der Waals surface area contributed by atoms with Crippen LogP contribution in [-0.4, -0.2) is 36.3 Å². The molecule has 2 atom stereocenters. The van der Waals surface area contributed by atoms with Crippen molar-refractivity contribution in [2.75, 3.05) is 13.7 Å². The maximum Gasteiger partial charge on any atom is 0.313 e. The second-order valence-corrected chi connectivity index (χ2v) is 23.1. The summed E-state index contributed by atoms with van der Waals surface area (Å²) in [5, 5.41) is -0.0305. The number of hydrogen-bond donors (Lipinski definition) is 0. The fourth-order valence-electron chi connectivity index (χ4n) is 3.75. The Kier molecular flexibility index (Phi) is 12.2. The summed E-state index contributed by atoms with van der Waals surface area (Å²) in [7, 11) is -2.80. The van der Waals surface area contributed by atoms with E-state index in [4.69, 9.17) is 18.3 Å². The van der Waals surface area contributed by atoms with E-state index < -0.39 is 22.6 Å². The van der Waals surface area contributed by atoms with Crippen molar-refractivity contribution in [3.63, 3.8) is 0 Å². The van der Waals surface area contributed by atoms with Crippen LogP contribution >= 0.6 is 0 Å². The topological polar surface area (TPSA) is 54.0 Å². The van der Waals surface area contributed by atoms with Crippen molar-refractivity contribution in [1.29, 1.82) is 0 Å². The van der Waals surface area contributed by atoms with Crippen LogP contribution in [0.1, 0.15) is 85.8 Å². The van der Waals surface area contributed by atoms with Gasteiger partial charge in [-0.3, -0.25) is 4.79 Å². The lowest BCUT2D eigenvalue weighted by atomic mass is 9.87. The van der Waals surface area contributed by atoms with Crippen LogP contribution in [0.5, 0.6) is 17.2 Å². The maximum atomic E-state index is 13.6. The van der Waals surface area contributed by atoms with E-state index in [0.717, 1.165) is 16.9 Å². The van der Waals surface area contributed by atoms with Gasteiger partial charge in [0.05, 0.1) is 19.6 Å². The molecule has 0 bridgehead atoms. The molecule has 0 saturated heterocycles. The number of allylic oxidation sites excluding steroid dienone is 4. The van der Waals surface area contributed by atoms with E-state index in [-0.39, 0.29) is 22.0 Å². The minimum absolute atomic E-state index is 0.00492. The van der Waals surface area contributed by atoms with Gasteiger partial charge in [0.2, 0.25) is 0 Å². The predicted octanol–water partition coefficient (Wildman–Crippen LogP) is 9.58. The van der Waals surface area contributed by atoms with Gasteiger partial charge < -0.3 is 18.3 Å². The van der Waals surface area contributed by atoms with Gasteiger partial charge in [-0.2, -0.15) is 0 Å². The van der Waals surface area contributed by atoms with Gasteiger partial charge in [0.15, 0.2) is 5.75 Å². The molecule has 0 amide bonds. The van der Waals surface area contributed by atoms with Crippen molar-refractivity contribution in [2.24, 2.45) is 5.92 Å². The number of rotatable bonds is 12. The highest BCUT2D eigenvalue weighted by atomic mass is 28.4. The van der Waals surface area contributed by atoms with Gasteiger partial charge in [-0.05, 0) is 75.4 Å². The van der Waals surface area contributed by atoms with Gasteiger partial charge in [-0.25, -0.2) is 0 Å². The molecule has 0 saturated carbocycles. The summed E-state index contributed by atoms with van der Waals surface area (Å²) in [6.45, 7) is 30.5. The van der Waals surface area contributed by atoms with Crippen molar-refractivity contribution in [1.82, 2.24) is 0 Å². The first-order chi connectivity index (χ1) is 17.7. The van der Waals surface area contributed by atoms with E-state index in [1.165, 1.54) is 0 Å². The van der Waals surface area contributed by atoms with Gasteiger partial charge in [-0.1, -0.05) is 72.8 Å². The maximum absolute atomic E-state index is 13.6. The Labute approximate surface area is 241 Å². The Morgan fingerprint density at radius 2 is 1.49 bits per heavy atom. The average molecular weight is 577 g/mol. The molecule has 0 unspecified atom stereocenters. The van der Waals surface area contributed by atoms with E-state index in [1.54, 1.807) is 7.11 Å². The van der Waals surface area contributed by atoms with Crippen LogP contribution in [0.3, 0.4) is 0 Å². The molecule has 0 N–H and O–H groups in total. The number of carbonyl (C=O) groups is 1. The highest BCUT2D eigenvalue weighted by Gasteiger charge is 2.43. The zero-order chi connectivity index (χ0) is 30.4. The molecular formula is C32H56O5Si2. The summed E-state index contributed by atoms with van der Waals surface area (Å²) in [5.74, 6) is 1.45. The van der Waals surface area contributed by atoms with E-state index >= 15 is 0 Å². The van der Waals surface area contributed by atoms with Crippen LogP contribution in [0.2, 0.25) is 36.3 Å². The lowest BCUT2D eigenvalue weighted by Crippen LogP contribution is -2.45. The van der Waals surface area contributed by atoms with E-state index in [9.17, 15) is 4.79 Å². The molecule has 1 aromatic rings. The third-order valence-corrected chi connectivity index (χ3v) is 17.0. The molecule has 0 fully saturated rings. The van der Waals surface area contributed by atoms with Crippen LogP contribution in [0.15, 0.2) is 30.4 Å². The lowest BCUT2D eigenvalue weighted by molar-refractivity contribution is -0.145. The molecule has 0 aromatic heterocycles. The molecule has 0 aliphatic rings. The van der Waals surface area contributed by atoms with Crippen LogP contribution in [0.25, 0.3) is 0 Å². The normalized spacial score (nSPS) is 14.9. The summed E-state index contributed by atoms with van der Waals surface area (Å²) in [6, 6.07) is 2.00. The zero-order valence-corrected chi connectivity index (χ0v) is 29.5. The minimum Gasteiger partial charge on any atom is -0.543 e. The van der Waals surface area contributed by atoms with Crippen molar-refractivity contribution in [3.05, 3.63) is 41.5 Å². The molecule has 0 radical (unpaired) electrons. The first-order valence-electron chi connectivity index (χ1n) is 14.3. The molecule has 0 aliphatic heterocycles. The van der Waals surface area contributed by atoms with Crippen molar-refractivity contribution in [3.8, 4) is 17.2 Å². The Bertz CT molecular complexity index is 1030. The number of carbonyl (C=O) groups excluding carboxylic acids is 1. The lowest BCUT2D eigenvalue weighted by Gasteiger charge is -2.40. The fraction of sp³-hybridized carbons (Fsp3) is 0.656. The van der Waals surface area contributed by atoms with Crippen molar-refractivity contribution in [2.45, 2.75) is 118 Å². The van der Waals surface area contributed by atoms with E-state index in [1.807, 2.05) is 45.1 Å². The number of ether oxygens (including phenoxy) is 2. The average Bonchev–Trinajstić information content (AvgIpc) is 2.78. The highest BCUT2D eigenvalue weighted by molar-refractivity contribution is 6.75. The second kappa shape index (κ2) is 13.6. The third-order valence-electron chi connectivity index (χ3n) is 8.29. The number of methoxy groups -OCH3 is 1. The molecule has 1 aromatic carbocycles. The molecule has 7 heteroatoms. The van der Waals surface area contributed by atoms with E-state index in [2.05, 4.69) is 80.7 Å². The van der Waals surface area contributed by atoms with Gasteiger partial charge >= 0.3 is 5.97 Å². The molecule has 222 valence electrons. The number of hydrogen-bond acceptors (Lipinski definition) is 5.